The lowest BCUT2D eigenvalue weighted by Gasteiger charge is -2.27. The van der Waals surface area contributed by atoms with Crippen LogP contribution in [0, 0.1) is 0 Å². The van der Waals surface area contributed by atoms with Gasteiger partial charge in [0.1, 0.15) is 11.4 Å². The highest BCUT2D eigenvalue weighted by Crippen LogP contribution is 2.34. The van der Waals surface area contributed by atoms with Gasteiger partial charge in [-0.05, 0) is 51.3 Å². The van der Waals surface area contributed by atoms with E-state index in [9.17, 15) is 18.0 Å². The molecule has 0 unspecified atom stereocenters. The number of halogens is 3. The highest BCUT2D eigenvalue weighted by molar-refractivity contribution is 5.69. The van der Waals surface area contributed by atoms with E-state index in [-0.39, 0.29) is 6.04 Å². The van der Waals surface area contributed by atoms with E-state index in [0.29, 0.717) is 23.6 Å². The molecule has 0 aliphatic carbocycles. The molecule has 2 aromatic rings. The normalized spacial score (nSPS) is 18.0. The fourth-order valence-electron chi connectivity index (χ4n) is 3.08. The Kier molecular flexibility index (Phi) is 4.92. The molecule has 1 fully saturated rings. The maximum absolute atomic E-state index is 12.7. The zero-order valence-corrected chi connectivity index (χ0v) is 15.4. The number of imidazole rings is 1. The fraction of sp³-hybridized carbons (Fsp3) is 0.474. The van der Waals surface area contributed by atoms with Crippen LogP contribution in [0.2, 0.25) is 0 Å². The Morgan fingerprint density at radius 2 is 1.89 bits per heavy atom. The smallest absolute Gasteiger partial charge is 0.416 e. The first-order valence-corrected chi connectivity index (χ1v) is 8.77. The Balaban J connectivity index is 1.77. The lowest BCUT2D eigenvalue weighted by Crippen LogP contribution is -2.36. The van der Waals surface area contributed by atoms with Crippen LogP contribution >= 0.6 is 0 Å². The summed E-state index contributed by atoms with van der Waals surface area (Å²) in [6.07, 6.45) is -1.60. The number of amides is 1. The molecule has 1 N–H and O–H groups in total. The minimum absolute atomic E-state index is 0.233. The van der Waals surface area contributed by atoms with Gasteiger partial charge in [0, 0.05) is 6.54 Å². The second kappa shape index (κ2) is 6.90. The van der Waals surface area contributed by atoms with E-state index in [4.69, 9.17) is 4.74 Å². The molecule has 1 aliphatic heterocycles. The molecule has 8 heteroatoms. The third kappa shape index (κ3) is 4.43. The van der Waals surface area contributed by atoms with E-state index in [1.54, 1.807) is 11.1 Å². The van der Waals surface area contributed by atoms with Gasteiger partial charge in [0.15, 0.2) is 0 Å². The van der Waals surface area contributed by atoms with Gasteiger partial charge in [-0.15, -0.1) is 0 Å². The van der Waals surface area contributed by atoms with Crippen molar-refractivity contribution in [3.05, 3.63) is 41.9 Å². The molecule has 0 bridgehead atoms. The predicted molar refractivity (Wildman–Crippen MR) is 93.9 cm³/mol. The number of carbonyl (C=O) groups excluding carboxylic acids is 1. The Morgan fingerprint density at radius 3 is 2.48 bits per heavy atom. The van der Waals surface area contributed by atoms with Gasteiger partial charge in [0.2, 0.25) is 0 Å². The van der Waals surface area contributed by atoms with Crippen LogP contribution in [0.3, 0.4) is 0 Å². The van der Waals surface area contributed by atoms with E-state index in [1.807, 2.05) is 20.8 Å². The van der Waals surface area contributed by atoms with Crippen molar-refractivity contribution in [1.29, 1.82) is 0 Å². The Hall–Kier alpha value is -2.51. The second-order valence-electron chi connectivity index (χ2n) is 7.59. The summed E-state index contributed by atoms with van der Waals surface area (Å²) in [4.78, 5) is 21.5. The van der Waals surface area contributed by atoms with Crippen LogP contribution < -0.4 is 0 Å². The number of nitrogens with zero attached hydrogens (tertiary/aromatic N) is 2. The molecule has 1 atom stereocenters. The standard InChI is InChI=1S/C19H22F3N3O2/c1-18(2,3)27-17(26)25-10-4-5-15(25)16-23-11-14(24-16)12-6-8-13(9-7-12)19(20,21)22/h6-9,11,15H,4-5,10H2,1-3H3,(H,23,24)/t15-/m0/s1. The molecule has 0 spiro atoms. The number of aromatic amines is 1. The summed E-state index contributed by atoms with van der Waals surface area (Å²) < 4.78 is 43.5. The average Bonchev–Trinajstić information content (AvgIpc) is 3.21. The second-order valence-corrected chi connectivity index (χ2v) is 7.59. The molecule has 3 rings (SSSR count). The molecule has 1 amide bonds. The lowest BCUT2D eigenvalue weighted by molar-refractivity contribution is -0.137. The molecule has 0 radical (unpaired) electrons. The van der Waals surface area contributed by atoms with E-state index in [2.05, 4.69) is 9.97 Å². The molecule has 5 nitrogen and oxygen atoms in total. The lowest BCUT2D eigenvalue weighted by atomic mass is 10.1. The fourth-order valence-corrected chi connectivity index (χ4v) is 3.08. The summed E-state index contributed by atoms with van der Waals surface area (Å²) in [6, 6.07) is 4.65. The maximum atomic E-state index is 12.7. The molecule has 146 valence electrons. The zero-order chi connectivity index (χ0) is 19.8. The molecule has 1 saturated heterocycles. The number of rotatable bonds is 2. The predicted octanol–water partition coefficient (Wildman–Crippen LogP) is 5.17. The average molecular weight is 381 g/mol. The van der Waals surface area contributed by atoms with Crippen LogP contribution in [0.4, 0.5) is 18.0 Å². The Bertz CT molecular complexity index is 807. The van der Waals surface area contributed by atoms with Crippen molar-refractivity contribution < 1.29 is 22.7 Å². The first-order chi connectivity index (χ1) is 12.5. The minimum atomic E-state index is -4.37. The van der Waals surface area contributed by atoms with Gasteiger partial charge in [-0.3, -0.25) is 4.90 Å². The van der Waals surface area contributed by atoms with E-state index >= 15 is 0 Å². The van der Waals surface area contributed by atoms with Crippen molar-refractivity contribution in [3.8, 4) is 11.3 Å². The van der Waals surface area contributed by atoms with Crippen LogP contribution in [0.5, 0.6) is 0 Å². The Morgan fingerprint density at radius 1 is 1.22 bits per heavy atom. The highest BCUT2D eigenvalue weighted by Gasteiger charge is 2.35. The molecule has 1 aliphatic rings. The van der Waals surface area contributed by atoms with Crippen molar-refractivity contribution >= 4 is 6.09 Å². The number of hydrogen-bond donors (Lipinski definition) is 1. The van der Waals surface area contributed by atoms with Crippen molar-refractivity contribution in [3.63, 3.8) is 0 Å². The van der Waals surface area contributed by atoms with Gasteiger partial charge in [-0.2, -0.15) is 13.2 Å². The minimum Gasteiger partial charge on any atom is -0.444 e. The summed E-state index contributed by atoms with van der Waals surface area (Å²) >= 11 is 0. The van der Waals surface area contributed by atoms with Crippen LogP contribution in [0.15, 0.2) is 30.5 Å². The van der Waals surface area contributed by atoms with Gasteiger partial charge in [-0.25, -0.2) is 9.78 Å². The van der Waals surface area contributed by atoms with Gasteiger partial charge < -0.3 is 9.72 Å². The Labute approximate surface area is 155 Å². The van der Waals surface area contributed by atoms with Gasteiger partial charge >= 0.3 is 12.3 Å². The number of aromatic nitrogens is 2. The van der Waals surface area contributed by atoms with E-state index in [0.717, 1.165) is 25.0 Å². The van der Waals surface area contributed by atoms with Crippen LogP contribution in [-0.2, 0) is 10.9 Å². The van der Waals surface area contributed by atoms with Gasteiger partial charge in [0.05, 0.1) is 23.5 Å². The molecule has 2 heterocycles. The summed E-state index contributed by atoms with van der Waals surface area (Å²) in [5.74, 6) is 0.605. The molecule has 0 saturated carbocycles. The largest absolute Gasteiger partial charge is 0.444 e. The molecule has 1 aromatic carbocycles. The third-order valence-electron chi connectivity index (χ3n) is 4.32. The van der Waals surface area contributed by atoms with E-state index < -0.39 is 23.4 Å². The van der Waals surface area contributed by atoms with Crippen LogP contribution in [0.25, 0.3) is 11.3 Å². The van der Waals surface area contributed by atoms with Crippen molar-refractivity contribution in [2.24, 2.45) is 0 Å². The van der Waals surface area contributed by atoms with Crippen molar-refractivity contribution in [2.45, 2.75) is 51.4 Å². The number of alkyl halides is 3. The third-order valence-corrected chi connectivity index (χ3v) is 4.32. The van der Waals surface area contributed by atoms with Crippen molar-refractivity contribution in [1.82, 2.24) is 14.9 Å². The topological polar surface area (TPSA) is 58.2 Å². The number of likely N-dealkylation sites (tertiary alicyclic amines) is 1. The summed E-state index contributed by atoms with van der Waals surface area (Å²) in [5, 5.41) is 0. The van der Waals surface area contributed by atoms with Gasteiger partial charge in [-0.1, -0.05) is 12.1 Å². The number of nitrogens with one attached hydrogen (secondary N) is 1. The van der Waals surface area contributed by atoms with Gasteiger partial charge in [0.25, 0.3) is 0 Å². The number of carbonyl (C=O) groups is 1. The highest BCUT2D eigenvalue weighted by atomic mass is 19.4. The molecule has 27 heavy (non-hydrogen) atoms. The zero-order valence-electron chi connectivity index (χ0n) is 15.4. The molecular formula is C19H22F3N3O2. The number of hydrogen-bond acceptors (Lipinski definition) is 3. The van der Waals surface area contributed by atoms with Crippen LogP contribution in [-0.4, -0.2) is 33.1 Å². The monoisotopic (exact) mass is 381 g/mol. The quantitative estimate of drug-likeness (QED) is 0.781. The SMILES string of the molecule is CC(C)(C)OC(=O)N1CCC[C@H]1c1ncc(-c2ccc(C(F)(F)F)cc2)[nH]1. The summed E-state index contributed by atoms with van der Waals surface area (Å²) in [7, 11) is 0. The summed E-state index contributed by atoms with van der Waals surface area (Å²) in [6.45, 7) is 6.01. The van der Waals surface area contributed by atoms with Crippen LogP contribution in [0.1, 0.15) is 51.0 Å². The number of H-pyrrole nitrogens is 1. The molecule has 1 aromatic heterocycles. The number of ether oxygens (including phenoxy) is 1. The van der Waals surface area contributed by atoms with Crippen molar-refractivity contribution in [2.75, 3.05) is 6.54 Å². The molecular weight excluding hydrogens is 359 g/mol. The first-order valence-electron chi connectivity index (χ1n) is 8.77. The maximum Gasteiger partial charge on any atom is 0.416 e. The first kappa shape index (κ1) is 19.3. The number of benzene rings is 1. The summed E-state index contributed by atoms with van der Waals surface area (Å²) in [5.41, 5.74) is -0.0742. The van der Waals surface area contributed by atoms with E-state index in [1.165, 1.54) is 12.1 Å².